The first-order valence-electron chi connectivity index (χ1n) is 9.94. The summed E-state index contributed by atoms with van der Waals surface area (Å²) in [5.41, 5.74) is 1.17. The lowest BCUT2D eigenvalue weighted by molar-refractivity contribution is -0.432. The van der Waals surface area contributed by atoms with Gasteiger partial charge in [-0.1, -0.05) is 23.2 Å². The van der Waals surface area contributed by atoms with Gasteiger partial charge in [-0.05, 0) is 87.7 Å². The first-order valence-corrected chi connectivity index (χ1v) is 10.7. The van der Waals surface area contributed by atoms with Crippen LogP contribution >= 0.6 is 12.0 Å². The van der Waals surface area contributed by atoms with E-state index in [-0.39, 0.29) is 11.3 Å². The number of nitrogens with zero attached hydrogens (tertiary/aromatic N) is 1. The Morgan fingerprint density at radius 1 is 1.15 bits per heavy atom. The summed E-state index contributed by atoms with van der Waals surface area (Å²) in [6, 6.07) is 9.93. The summed E-state index contributed by atoms with van der Waals surface area (Å²) in [5.74, 6) is 2.51. The summed E-state index contributed by atoms with van der Waals surface area (Å²) in [6.07, 6.45) is 7.92. The molecule has 1 N–H and O–H groups in total. The molecule has 4 fully saturated rings. The second kappa shape index (κ2) is 7.39. The molecule has 0 heterocycles. The Bertz CT molecular complexity index is 643. The summed E-state index contributed by atoms with van der Waals surface area (Å²) in [5, 5.41) is 12.2. The molecule has 148 valence electrons. The number of hydrogen-bond donors (Lipinski definition) is 1. The molecule has 5 rings (SSSR count). The molecule has 0 aromatic heterocycles. The monoisotopic (exact) mass is 391 g/mol. The van der Waals surface area contributed by atoms with Crippen molar-refractivity contribution in [2.45, 2.75) is 57.1 Å². The van der Waals surface area contributed by atoms with Gasteiger partial charge in [0.15, 0.2) is 0 Å². The van der Waals surface area contributed by atoms with E-state index in [0.29, 0.717) is 0 Å². The van der Waals surface area contributed by atoms with Crippen molar-refractivity contribution in [2.24, 2.45) is 23.2 Å². The van der Waals surface area contributed by atoms with Gasteiger partial charge in [0.1, 0.15) is 4.75 Å². The standard InChI is InChI=1S/C21H29NO4S/c1-20(2,27-26-25-24)19(23)22(18-6-4-3-5-7-18)14-21-11-15-8-16(12-21)10-17(9-15)13-21/h3-7,15-17,24H,8-14H2,1-2H3. The maximum atomic E-state index is 13.5. The SMILES string of the molecule is CC(C)(SOOO)C(=O)N(CC12CC3CC(CC(C3)C1)C2)c1ccccc1. The Morgan fingerprint density at radius 3 is 2.22 bits per heavy atom. The van der Waals surface area contributed by atoms with Crippen molar-refractivity contribution < 1.29 is 19.4 Å². The van der Waals surface area contributed by atoms with Crippen LogP contribution in [0.1, 0.15) is 52.4 Å². The van der Waals surface area contributed by atoms with E-state index in [9.17, 15) is 4.79 Å². The molecule has 4 saturated carbocycles. The number of amides is 1. The first kappa shape index (κ1) is 19.2. The van der Waals surface area contributed by atoms with Crippen molar-refractivity contribution in [2.75, 3.05) is 11.4 Å². The van der Waals surface area contributed by atoms with E-state index in [1.165, 1.54) is 38.5 Å². The topological polar surface area (TPSA) is 59.0 Å². The van der Waals surface area contributed by atoms with Gasteiger partial charge >= 0.3 is 0 Å². The van der Waals surface area contributed by atoms with E-state index in [1.54, 1.807) is 13.8 Å². The van der Waals surface area contributed by atoms with Crippen LogP contribution in [0.15, 0.2) is 30.3 Å². The second-order valence-corrected chi connectivity index (χ2v) is 10.7. The molecule has 0 unspecified atom stereocenters. The van der Waals surface area contributed by atoms with Gasteiger partial charge in [-0.15, -0.1) is 4.33 Å². The van der Waals surface area contributed by atoms with Gasteiger partial charge in [0.2, 0.25) is 5.91 Å². The Balaban J connectivity index is 1.60. The van der Waals surface area contributed by atoms with Crippen LogP contribution in [0, 0.1) is 23.2 Å². The quantitative estimate of drug-likeness (QED) is 0.399. The van der Waals surface area contributed by atoms with E-state index in [1.807, 2.05) is 35.2 Å². The minimum Gasteiger partial charge on any atom is -0.311 e. The van der Waals surface area contributed by atoms with Gasteiger partial charge in [-0.3, -0.25) is 4.79 Å². The Kier molecular flexibility index (Phi) is 5.27. The highest BCUT2D eigenvalue weighted by Gasteiger charge is 2.52. The van der Waals surface area contributed by atoms with Gasteiger partial charge in [-0.25, -0.2) is 5.26 Å². The Labute approximate surface area is 165 Å². The van der Waals surface area contributed by atoms with Crippen molar-refractivity contribution in [3.05, 3.63) is 30.3 Å². The fourth-order valence-corrected chi connectivity index (χ4v) is 6.55. The molecule has 0 aliphatic heterocycles. The summed E-state index contributed by atoms with van der Waals surface area (Å²) >= 11 is 0.839. The zero-order chi connectivity index (χ0) is 19.1. The van der Waals surface area contributed by atoms with Gasteiger partial charge in [0.25, 0.3) is 0 Å². The molecule has 5 nitrogen and oxygen atoms in total. The third-order valence-corrected chi connectivity index (χ3v) is 7.48. The molecule has 0 atom stereocenters. The lowest BCUT2D eigenvalue weighted by Gasteiger charge is -2.58. The van der Waals surface area contributed by atoms with E-state index < -0.39 is 4.75 Å². The van der Waals surface area contributed by atoms with Crippen LogP contribution < -0.4 is 4.90 Å². The van der Waals surface area contributed by atoms with Crippen molar-refractivity contribution in [1.82, 2.24) is 0 Å². The number of anilines is 1. The maximum Gasteiger partial charge on any atom is 0.245 e. The van der Waals surface area contributed by atoms with Crippen molar-refractivity contribution in [3.8, 4) is 0 Å². The van der Waals surface area contributed by atoms with Crippen molar-refractivity contribution in [1.29, 1.82) is 0 Å². The summed E-state index contributed by atoms with van der Waals surface area (Å²) in [7, 11) is 0. The molecular formula is C21H29NO4S. The molecule has 0 radical (unpaired) electrons. The summed E-state index contributed by atoms with van der Waals surface area (Å²) in [6.45, 7) is 4.37. The molecule has 4 bridgehead atoms. The molecule has 4 aliphatic carbocycles. The van der Waals surface area contributed by atoms with Crippen LogP contribution in [0.5, 0.6) is 0 Å². The number of para-hydroxylation sites is 1. The predicted molar refractivity (Wildman–Crippen MR) is 106 cm³/mol. The van der Waals surface area contributed by atoms with Crippen LogP contribution in [-0.4, -0.2) is 22.5 Å². The van der Waals surface area contributed by atoms with Crippen molar-refractivity contribution in [3.63, 3.8) is 0 Å². The zero-order valence-corrected chi connectivity index (χ0v) is 16.9. The molecule has 27 heavy (non-hydrogen) atoms. The third kappa shape index (κ3) is 3.90. The zero-order valence-electron chi connectivity index (χ0n) is 16.1. The molecule has 1 aromatic carbocycles. The van der Waals surface area contributed by atoms with Crippen LogP contribution in [0.3, 0.4) is 0 Å². The summed E-state index contributed by atoms with van der Waals surface area (Å²) < 4.78 is 3.75. The molecule has 1 aromatic rings. The van der Waals surface area contributed by atoms with Gasteiger partial charge in [0.05, 0.1) is 12.0 Å². The summed E-state index contributed by atoms with van der Waals surface area (Å²) in [4.78, 5) is 15.4. The lowest BCUT2D eigenvalue weighted by Crippen LogP contribution is -2.54. The highest BCUT2D eigenvalue weighted by atomic mass is 32.2. The second-order valence-electron chi connectivity index (χ2n) is 9.38. The number of benzene rings is 1. The van der Waals surface area contributed by atoms with Gasteiger partial charge < -0.3 is 4.90 Å². The highest BCUT2D eigenvalue weighted by molar-refractivity contribution is 7.96. The fraction of sp³-hybridized carbons (Fsp3) is 0.667. The minimum atomic E-state index is -0.874. The van der Waals surface area contributed by atoms with E-state index >= 15 is 0 Å². The third-order valence-electron chi connectivity index (χ3n) is 6.76. The van der Waals surface area contributed by atoms with Gasteiger partial charge in [0, 0.05) is 12.2 Å². The first-order chi connectivity index (χ1) is 12.9. The Hall–Kier alpha value is -1.08. The largest absolute Gasteiger partial charge is 0.311 e. The van der Waals surface area contributed by atoms with E-state index in [0.717, 1.165) is 42.0 Å². The maximum absolute atomic E-state index is 13.5. The van der Waals surface area contributed by atoms with Crippen LogP contribution in [0.4, 0.5) is 5.69 Å². The van der Waals surface area contributed by atoms with Gasteiger partial charge in [-0.2, -0.15) is 0 Å². The minimum absolute atomic E-state index is 0.0218. The van der Waals surface area contributed by atoms with Crippen LogP contribution in [-0.2, 0) is 14.2 Å². The number of carbonyl (C=O) groups is 1. The lowest BCUT2D eigenvalue weighted by atomic mass is 9.49. The van der Waals surface area contributed by atoms with Crippen LogP contribution in [0.25, 0.3) is 0 Å². The highest BCUT2D eigenvalue weighted by Crippen LogP contribution is 2.60. The van der Waals surface area contributed by atoms with Crippen LogP contribution in [0.2, 0.25) is 0 Å². The molecule has 0 spiro atoms. The van der Waals surface area contributed by atoms with E-state index in [2.05, 4.69) is 9.37 Å². The number of carbonyl (C=O) groups excluding carboxylic acids is 1. The molecule has 6 heteroatoms. The normalized spacial score (nSPS) is 31.9. The van der Waals surface area contributed by atoms with E-state index in [4.69, 9.17) is 5.26 Å². The molecule has 1 amide bonds. The molecule has 4 aliphatic rings. The number of hydrogen-bond acceptors (Lipinski definition) is 5. The predicted octanol–water partition coefficient (Wildman–Crippen LogP) is 5.08. The molecular weight excluding hydrogens is 362 g/mol. The smallest absolute Gasteiger partial charge is 0.245 e. The Morgan fingerprint density at radius 2 is 1.70 bits per heavy atom. The molecule has 0 saturated heterocycles. The average molecular weight is 392 g/mol. The van der Waals surface area contributed by atoms with Crippen molar-refractivity contribution >= 4 is 23.6 Å². The average Bonchev–Trinajstić information content (AvgIpc) is 2.63. The fourth-order valence-electron chi connectivity index (χ4n) is 6.17. The number of rotatable bonds is 7.